The van der Waals surface area contributed by atoms with E-state index in [1.54, 1.807) is 27.7 Å². The van der Waals surface area contributed by atoms with Crippen LogP contribution in [-0.2, 0) is 4.74 Å². The van der Waals surface area contributed by atoms with Crippen LogP contribution in [0.2, 0.25) is 0 Å². The molecule has 0 saturated heterocycles. The second kappa shape index (κ2) is 7.24. The van der Waals surface area contributed by atoms with E-state index in [1.165, 1.54) is 6.20 Å². The molecule has 1 amide bonds. The number of hydrogen-bond donors (Lipinski definition) is 2. The Balaban J connectivity index is 0.00000264. The van der Waals surface area contributed by atoms with Crippen molar-refractivity contribution in [2.75, 3.05) is 6.61 Å². The second-order valence-corrected chi connectivity index (χ2v) is 5.62. The number of aromatic amines is 1. The molecule has 0 atom stereocenters. The molecule has 23 heavy (non-hydrogen) atoms. The Morgan fingerprint density at radius 1 is 1.39 bits per heavy atom. The van der Waals surface area contributed by atoms with Gasteiger partial charge in [-0.3, -0.25) is 14.7 Å². The van der Waals surface area contributed by atoms with Gasteiger partial charge in [0.1, 0.15) is 5.56 Å². The molecule has 2 N–H and O–H groups in total. The van der Waals surface area contributed by atoms with Crippen molar-refractivity contribution < 1.29 is 45.3 Å². The molecule has 9 nitrogen and oxygen atoms in total. The van der Waals surface area contributed by atoms with Crippen molar-refractivity contribution in [1.29, 1.82) is 0 Å². The first kappa shape index (κ1) is 19.3. The summed E-state index contributed by atoms with van der Waals surface area (Å²) in [5, 5.41) is 12.6. The van der Waals surface area contributed by atoms with Crippen molar-refractivity contribution in [2.45, 2.75) is 33.2 Å². The minimum atomic E-state index is -0.692. The molecule has 0 aromatic carbocycles. The van der Waals surface area contributed by atoms with Crippen molar-refractivity contribution in [2.24, 2.45) is 0 Å². The van der Waals surface area contributed by atoms with Crippen LogP contribution in [0.1, 0.15) is 50.0 Å². The van der Waals surface area contributed by atoms with E-state index in [2.05, 4.69) is 20.6 Å². The predicted octanol–water partition coefficient (Wildman–Crippen LogP) is -2.76. The molecule has 10 heteroatoms. The molecule has 120 valence electrons. The van der Waals surface area contributed by atoms with Gasteiger partial charge in [-0.1, -0.05) is 0 Å². The molecular weight excluding hydrogens is 313 g/mol. The molecular formula is C13H18N5NaO4. The first-order valence-corrected chi connectivity index (χ1v) is 6.71. The molecule has 0 saturated carbocycles. The van der Waals surface area contributed by atoms with E-state index in [0.29, 0.717) is 0 Å². The summed E-state index contributed by atoms with van der Waals surface area (Å²) in [6.45, 7) is 7.20. The third-order valence-electron chi connectivity index (χ3n) is 2.64. The average molecular weight is 331 g/mol. The number of H-pyrrole nitrogens is 1. The monoisotopic (exact) mass is 331 g/mol. The van der Waals surface area contributed by atoms with Crippen molar-refractivity contribution in [1.82, 2.24) is 25.1 Å². The van der Waals surface area contributed by atoms with E-state index < -0.39 is 23.0 Å². The zero-order chi connectivity index (χ0) is 16.5. The van der Waals surface area contributed by atoms with E-state index in [-0.39, 0.29) is 54.5 Å². The normalized spacial score (nSPS) is 11.0. The third-order valence-corrected chi connectivity index (χ3v) is 2.64. The number of rotatable bonds is 3. The van der Waals surface area contributed by atoms with Crippen molar-refractivity contribution in [3.8, 4) is 0 Å². The number of carbonyl (C=O) groups excluding carboxylic acids is 2. The summed E-state index contributed by atoms with van der Waals surface area (Å²) in [5.74, 6) is -1.26. The van der Waals surface area contributed by atoms with Crippen LogP contribution in [0.5, 0.6) is 0 Å². The zero-order valence-electron chi connectivity index (χ0n) is 14.8. The van der Waals surface area contributed by atoms with Crippen LogP contribution in [0, 0.1) is 0 Å². The van der Waals surface area contributed by atoms with Crippen LogP contribution in [0.3, 0.4) is 0 Å². The van der Waals surface area contributed by atoms with Gasteiger partial charge in [0.15, 0.2) is 5.65 Å². The van der Waals surface area contributed by atoms with Crippen LogP contribution in [0.15, 0.2) is 11.0 Å². The molecule has 0 unspecified atom stereocenters. The first-order chi connectivity index (χ1) is 10.2. The number of carbonyl (C=O) groups is 2. The third kappa shape index (κ3) is 4.18. The molecule has 2 aromatic rings. The number of nitrogens with zero attached hydrogens (tertiary/aromatic N) is 3. The largest absolute Gasteiger partial charge is 1.00 e. The van der Waals surface area contributed by atoms with Crippen molar-refractivity contribution >= 4 is 17.5 Å². The van der Waals surface area contributed by atoms with Gasteiger partial charge in [0.25, 0.3) is 5.91 Å². The number of fused-ring (bicyclic) bond motifs is 1. The topological polar surface area (TPSA) is 118 Å². The maximum absolute atomic E-state index is 12.3. The summed E-state index contributed by atoms with van der Waals surface area (Å²) in [6.07, 6.45) is 1.29. The number of ether oxygens (including phenoxy) is 1. The van der Waals surface area contributed by atoms with E-state index in [9.17, 15) is 14.4 Å². The SMILES string of the molecule is CCOC(=O)c1c[nH]n2c(=O)c(C(=O)NC(C)(C)C)nnc12.[H-].[Na+]. The Morgan fingerprint density at radius 2 is 2.04 bits per heavy atom. The van der Waals surface area contributed by atoms with Gasteiger partial charge in [-0.05, 0) is 27.7 Å². The summed E-state index contributed by atoms with van der Waals surface area (Å²) < 4.78 is 5.84. The van der Waals surface area contributed by atoms with Gasteiger partial charge in [-0.25, -0.2) is 4.79 Å². The van der Waals surface area contributed by atoms with Crippen molar-refractivity contribution in [3.05, 3.63) is 27.8 Å². The number of nitrogens with one attached hydrogen (secondary N) is 2. The van der Waals surface area contributed by atoms with Gasteiger partial charge in [-0.2, -0.15) is 4.52 Å². The van der Waals surface area contributed by atoms with Gasteiger partial charge in [0.05, 0.1) is 6.61 Å². The number of amides is 1. The molecule has 0 bridgehead atoms. The Kier molecular flexibility index (Phi) is 6.09. The first-order valence-electron chi connectivity index (χ1n) is 6.71. The summed E-state index contributed by atoms with van der Waals surface area (Å²) in [5.41, 5.74) is -1.48. The second-order valence-electron chi connectivity index (χ2n) is 5.62. The van der Waals surface area contributed by atoms with E-state index in [0.717, 1.165) is 4.52 Å². The fraction of sp³-hybridized carbons (Fsp3) is 0.462. The fourth-order valence-electron chi connectivity index (χ4n) is 1.78. The molecule has 2 aromatic heterocycles. The van der Waals surface area contributed by atoms with E-state index >= 15 is 0 Å². The number of hydrogen-bond acceptors (Lipinski definition) is 6. The molecule has 0 aliphatic heterocycles. The molecule has 2 heterocycles. The van der Waals surface area contributed by atoms with Crippen LogP contribution in [0.25, 0.3) is 5.65 Å². The Labute approximate surface area is 155 Å². The molecule has 0 radical (unpaired) electrons. The average Bonchev–Trinajstić information content (AvgIpc) is 2.82. The van der Waals surface area contributed by atoms with Gasteiger partial charge in [0, 0.05) is 11.7 Å². The quantitative estimate of drug-likeness (QED) is 0.465. The molecule has 0 spiro atoms. The van der Waals surface area contributed by atoms with Gasteiger partial charge < -0.3 is 11.5 Å². The van der Waals surface area contributed by atoms with E-state index in [1.807, 2.05) is 0 Å². The molecule has 0 fully saturated rings. The Bertz CT molecular complexity index is 796. The number of aromatic nitrogens is 4. The summed E-state index contributed by atoms with van der Waals surface area (Å²) in [4.78, 5) is 36.0. The summed E-state index contributed by atoms with van der Waals surface area (Å²) >= 11 is 0. The zero-order valence-corrected chi connectivity index (χ0v) is 15.8. The van der Waals surface area contributed by atoms with Gasteiger partial charge >= 0.3 is 41.1 Å². The maximum Gasteiger partial charge on any atom is 1.00 e. The van der Waals surface area contributed by atoms with Crippen molar-refractivity contribution in [3.63, 3.8) is 0 Å². The van der Waals surface area contributed by atoms with Crippen LogP contribution in [0.4, 0.5) is 0 Å². The minimum Gasteiger partial charge on any atom is -1.00 e. The van der Waals surface area contributed by atoms with Crippen LogP contribution < -0.4 is 40.4 Å². The summed E-state index contributed by atoms with van der Waals surface area (Å²) in [7, 11) is 0. The van der Waals surface area contributed by atoms with E-state index in [4.69, 9.17) is 4.74 Å². The Hall–Kier alpha value is -1.71. The fourth-order valence-corrected chi connectivity index (χ4v) is 1.78. The maximum atomic E-state index is 12.3. The molecule has 0 aliphatic carbocycles. The van der Waals surface area contributed by atoms with Gasteiger partial charge in [0.2, 0.25) is 5.69 Å². The number of esters is 1. The molecule has 0 aliphatic rings. The van der Waals surface area contributed by atoms with Gasteiger partial charge in [-0.15, -0.1) is 10.2 Å². The Morgan fingerprint density at radius 3 is 2.61 bits per heavy atom. The minimum absolute atomic E-state index is 0. The predicted molar refractivity (Wildman–Crippen MR) is 77.9 cm³/mol. The van der Waals surface area contributed by atoms with Crippen LogP contribution >= 0.6 is 0 Å². The summed E-state index contributed by atoms with van der Waals surface area (Å²) in [6, 6.07) is 0. The van der Waals surface area contributed by atoms with Crippen LogP contribution in [-0.4, -0.2) is 43.8 Å². The molecule has 2 rings (SSSR count). The smallest absolute Gasteiger partial charge is 1.00 e. The standard InChI is InChI=1S/C13H17N5O4.Na.H/c1-5-22-12(21)7-6-14-18-9(7)17-16-8(11(18)20)10(19)15-13(2,3)4;;/h6,14H,5H2,1-4H3,(H,15,19);;/q;+1;-1.